The highest BCUT2D eigenvalue weighted by Crippen LogP contribution is 2.21. The zero-order valence-corrected chi connectivity index (χ0v) is 15.6. The lowest BCUT2D eigenvalue weighted by molar-refractivity contribution is 0.0778. The van der Waals surface area contributed by atoms with E-state index >= 15 is 0 Å². The van der Waals surface area contributed by atoms with Crippen LogP contribution in [-0.4, -0.2) is 31.8 Å². The van der Waals surface area contributed by atoms with E-state index < -0.39 is 17.5 Å². The number of rotatable bonds is 8. The first-order valence-electron chi connectivity index (χ1n) is 8.79. The summed E-state index contributed by atoms with van der Waals surface area (Å²) < 4.78 is 51.2. The van der Waals surface area contributed by atoms with Crippen LogP contribution in [0.25, 0.3) is 0 Å². The number of nitrogens with zero attached hydrogens (tertiary/aromatic N) is 1. The molecule has 1 heterocycles. The molecule has 1 aliphatic rings. The number of ether oxygens (including phenoxy) is 2. The fraction of sp³-hybridized carbons (Fsp3) is 0.300. The summed E-state index contributed by atoms with van der Waals surface area (Å²) in [5, 5.41) is 4.86. The highest BCUT2D eigenvalue weighted by Gasteiger charge is 2.24. The van der Waals surface area contributed by atoms with Crippen LogP contribution in [-0.2, 0) is 17.9 Å². The molecule has 0 fully saturated rings. The summed E-state index contributed by atoms with van der Waals surface area (Å²) >= 11 is 0. The van der Waals surface area contributed by atoms with E-state index in [9.17, 15) is 13.2 Å². The van der Waals surface area contributed by atoms with Gasteiger partial charge in [0, 0.05) is 18.2 Å². The van der Waals surface area contributed by atoms with Crippen molar-refractivity contribution < 1.29 is 22.6 Å². The first-order chi connectivity index (χ1) is 13.5. The van der Waals surface area contributed by atoms with Crippen molar-refractivity contribution in [2.75, 3.05) is 20.7 Å². The molecule has 0 saturated carbocycles. The van der Waals surface area contributed by atoms with Crippen LogP contribution >= 0.6 is 0 Å². The molecular weight excluding hydrogens is 371 g/mol. The Bertz CT molecular complexity index is 843. The second-order valence-electron chi connectivity index (χ2n) is 6.38. The molecule has 1 unspecified atom stereocenters. The van der Waals surface area contributed by atoms with E-state index in [1.54, 1.807) is 12.1 Å². The standard InChI is InChI=1S/C20H22F3N3O2/c1-24-10-15-8-20(28-12-14-7-18(22)19(23)9-17(14)21)26(25-15)11-13-3-5-16(27-2)6-4-13/h3-9,15,24-25H,10-12H2,1-2H3. The number of methoxy groups -OCH3 is 1. The molecular formula is C20H22F3N3O2. The molecule has 5 nitrogen and oxygen atoms in total. The van der Waals surface area contributed by atoms with Crippen LogP contribution in [0.1, 0.15) is 11.1 Å². The van der Waals surface area contributed by atoms with Gasteiger partial charge in [-0.05, 0) is 36.9 Å². The number of benzene rings is 2. The minimum Gasteiger partial charge on any atom is -0.497 e. The van der Waals surface area contributed by atoms with Crippen LogP contribution in [0.4, 0.5) is 13.2 Å². The van der Waals surface area contributed by atoms with E-state index in [0.717, 1.165) is 17.4 Å². The third-order valence-electron chi connectivity index (χ3n) is 4.32. The summed E-state index contributed by atoms with van der Waals surface area (Å²) in [4.78, 5) is 0. The average molecular weight is 393 g/mol. The monoisotopic (exact) mass is 393 g/mol. The van der Waals surface area contributed by atoms with E-state index in [1.165, 1.54) is 0 Å². The van der Waals surface area contributed by atoms with Gasteiger partial charge in [0.15, 0.2) is 11.6 Å². The van der Waals surface area contributed by atoms with Gasteiger partial charge in [0.1, 0.15) is 18.2 Å². The molecule has 2 aromatic carbocycles. The van der Waals surface area contributed by atoms with Crippen molar-refractivity contribution >= 4 is 0 Å². The predicted octanol–water partition coefficient (Wildman–Crippen LogP) is 3.08. The van der Waals surface area contributed by atoms with Crippen molar-refractivity contribution in [2.45, 2.75) is 19.2 Å². The summed E-state index contributed by atoms with van der Waals surface area (Å²) in [6.45, 7) is 0.934. The van der Waals surface area contributed by atoms with Gasteiger partial charge in [-0.1, -0.05) is 12.1 Å². The molecule has 1 atom stereocenters. The van der Waals surface area contributed by atoms with Gasteiger partial charge in [0.25, 0.3) is 0 Å². The molecule has 0 aliphatic carbocycles. The van der Waals surface area contributed by atoms with Crippen LogP contribution in [0, 0.1) is 17.5 Å². The Hall–Kier alpha value is -2.71. The number of hydrogen-bond donors (Lipinski definition) is 2. The zero-order valence-electron chi connectivity index (χ0n) is 15.6. The fourth-order valence-electron chi connectivity index (χ4n) is 2.88. The van der Waals surface area contributed by atoms with Crippen molar-refractivity contribution in [2.24, 2.45) is 0 Å². The van der Waals surface area contributed by atoms with E-state index in [1.807, 2.05) is 37.4 Å². The number of likely N-dealkylation sites (N-methyl/N-ethyl adjacent to an activating group) is 1. The lowest BCUT2D eigenvalue weighted by Crippen LogP contribution is -2.41. The minimum atomic E-state index is -1.22. The Morgan fingerprint density at radius 3 is 2.46 bits per heavy atom. The Kier molecular flexibility index (Phi) is 6.43. The SMILES string of the molecule is CNCC1C=C(OCc2cc(F)c(F)cc2F)N(Cc2ccc(OC)cc2)N1. The van der Waals surface area contributed by atoms with E-state index in [0.29, 0.717) is 25.0 Å². The Balaban J connectivity index is 1.71. The maximum absolute atomic E-state index is 13.9. The summed E-state index contributed by atoms with van der Waals surface area (Å²) in [7, 11) is 3.43. The van der Waals surface area contributed by atoms with Crippen LogP contribution in [0.15, 0.2) is 48.4 Å². The molecule has 0 aromatic heterocycles. The Labute approximate surface area is 161 Å². The molecule has 0 spiro atoms. The second-order valence-corrected chi connectivity index (χ2v) is 6.38. The second kappa shape index (κ2) is 8.99. The van der Waals surface area contributed by atoms with Crippen molar-refractivity contribution in [3.05, 3.63) is 76.9 Å². The molecule has 8 heteroatoms. The van der Waals surface area contributed by atoms with Gasteiger partial charge in [-0.2, -0.15) is 0 Å². The fourth-order valence-corrected chi connectivity index (χ4v) is 2.88. The highest BCUT2D eigenvalue weighted by atomic mass is 19.2. The summed E-state index contributed by atoms with van der Waals surface area (Å²) in [6, 6.07) is 8.89. The molecule has 28 heavy (non-hydrogen) atoms. The first-order valence-corrected chi connectivity index (χ1v) is 8.79. The van der Waals surface area contributed by atoms with Crippen molar-refractivity contribution in [1.82, 2.24) is 15.8 Å². The first kappa shape index (κ1) is 20.0. The molecule has 0 amide bonds. The van der Waals surface area contributed by atoms with Gasteiger partial charge in [0.05, 0.1) is 19.7 Å². The van der Waals surface area contributed by atoms with Gasteiger partial charge >= 0.3 is 0 Å². The van der Waals surface area contributed by atoms with Gasteiger partial charge in [0.2, 0.25) is 5.88 Å². The summed E-state index contributed by atoms with van der Waals surface area (Å²) in [5.74, 6) is -1.94. The maximum atomic E-state index is 13.9. The number of hydrogen-bond acceptors (Lipinski definition) is 5. The maximum Gasteiger partial charge on any atom is 0.202 e. The Morgan fingerprint density at radius 1 is 1.07 bits per heavy atom. The van der Waals surface area contributed by atoms with E-state index in [4.69, 9.17) is 9.47 Å². The van der Waals surface area contributed by atoms with E-state index in [2.05, 4.69) is 10.7 Å². The van der Waals surface area contributed by atoms with Crippen molar-refractivity contribution in [1.29, 1.82) is 0 Å². The number of nitrogens with one attached hydrogen (secondary N) is 2. The molecule has 150 valence electrons. The van der Waals surface area contributed by atoms with Crippen LogP contribution in [0.2, 0.25) is 0 Å². The topological polar surface area (TPSA) is 45.8 Å². The van der Waals surface area contributed by atoms with Crippen molar-refractivity contribution in [3.63, 3.8) is 0 Å². The molecule has 2 aromatic rings. The summed E-state index contributed by atoms with van der Waals surface area (Å²) in [5.41, 5.74) is 4.24. The van der Waals surface area contributed by atoms with Crippen LogP contribution < -0.4 is 15.5 Å². The molecule has 1 aliphatic heterocycles. The minimum absolute atomic E-state index is 0.0203. The zero-order chi connectivity index (χ0) is 20.1. The molecule has 0 radical (unpaired) electrons. The molecule has 0 saturated heterocycles. The van der Waals surface area contributed by atoms with Crippen molar-refractivity contribution in [3.8, 4) is 5.75 Å². The largest absolute Gasteiger partial charge is 0.497 e. The average Bonchev–Trinajstić information content (AvgIpc) is 3.06. The molecule has 3 rings (SSSR count). The van der Waals surface area contributed by atoms with Gasteiger partial charge in [-0.3, -0.25) is 5.01 Å². The van der Waals surface area contributed by atoms with E-state index in [-0.39, 0.29) is 18.2 Å². The smallest absolute Gasteiger partial charge is 0.202 e. The summed E-state index contributed by atoms with van der Waals surface area (Å²) in [6.07, 6.45) is 1.86. The van der Waals surface area contributed by atoms with Gasteiger partial charge < -0.3 is 14.8 Å². The van der Waals surface area contributed by atoms with Crippen LogP contribution in [0.5, 0.6) is 5.75 Å². The number of halogens is 3. The molecule has 0 bridgehead atoms. The highest BCUT2D eigenvalue weighted by molar-refractivity contribution is 5.27. The number of hydrazine groups is 1. The molecule has 2 N–H and O–H groups in total. The quantitative estimate of drug-likeness (QED) is 0.675. The predicted molar refractivity (Wildman–Crippen MR) is 98.6 cm³/mol. The lowest BCUT2D eigenvalue weighted by Gasteiger charge is -2.24. The van der Waals surface area contributed by atoms with Gasteiger partial charge in [-0.15, -0.1) is 0 Å². The van der Waals surface area contributed by atoms with Crippen LogP contribution in [0.3, 0.4) is 0 Å². The lowest BCUT2D eigenvalue weighted by atomic mass is 10.2. The Morgan fingerprint density at radius 2 is 1.79 bits per heavy atom. The van der Waals surface area contributed by atoms with Gasteiger partial charge in [-0.25, -0.2) is 18.6 Å². The third-order valence-corrected chi connectivity index (χ3v) is 4.32. The third kappa shape index (κ3) is 4.76. The normalized spacial score (nSPS) is 16.2.